The van der Waals surface area contributed by atoms with Gasteiger partial charge in [0, 0.05) is 81.2 Å². The molecule has 1 aliphatic rings. The molecule has 1 fully saturated rings. The fraction of sp³-hybridized carbons (Fsp3) is 0.353. The molecule has 12 nitrogen and oxygen atoms in total. The minimum atomic E-state index is -1.09. The fourth-order valence-electron chi connectivity index (χ4n) is 5.72. The van der Waals surface area contributed by atoms with Gasteiger partial charge in [-0.2, -0.15) is 5.10 Å². The van der Waals surface area contributed by atoms with Gasteiger partial charge in [0.1, 0.15) is 6.29 Å². The third-order valence-corrected chi connectivity index (χ3v) is 8.85. The lowest BCUT2D eigenvalue weighted by atomic mass is 10.0. The van der Waals surface area contributed by atoms with Crippen molar-refractivity contribution < 1.29 is 32.7 Å². The Labute approximate surface area is 286 Å². The Morgan fingerprint density at radius 3 is 2.39 bits per heavy atom. The largest absolute Gasteiger partial charge is 0.383 e. The van der Waals surface area contributed by atoms with E-state index in [2.05, 4.69) is 15.4 Å². The number of piperazine rings is 1. The van der Waals surface area contributed by atoms with Crippen molar-refractivity contribution in [3.8, 4) is 22.4 Å². The van der Waals surface area contributed by atoms with E-state index in [0.29, 0.717) is 69.1 Å². The molecular formula is C34H36ClF2N7O5. The van der Waals surface area contributed by atoms with Crippen molar-refractivity contribution >= 4 is 41.3 Å². The molecule has 0 atom stereocenters. The van der Waals surface area contributed by atoms with Crippen molar-refractivity contribution in [3.63, 3.8) is 0 Å². The minimum Gasteiger partial charge on any atom is -0.383 e. The Morgan fingerprint density at radius 1 is 1.00 bits per heavy atom. The van der Waals surface area contributed by atoms with Crippen molar-refractivity contribution in [1.82, 2.24) is 29.1 Å². The molecule has 4 aromatic rings. The first-order valence-electron chi connectivity index (χ1n) is 15.7. The van der Waals surface area contributed by atoms with Crippen LogP contribution in [0.5, 0.6) is 0 Å². The summed E-state index contributed by atoms with van der Waals surface area (Å²) in [6.45, 7) is 4.08. The maximum atomic E-state index is 15.5. The number of unbranched alkanes of at least 4 members (excludes halogenated alkanes) is 1. The number of benzene rings is 2. The van der Waals surface area contributed by atoms with Gasteiger partial charge in [-0.3, -0.25) is 19.1 Å². The number of nitrogens with zero attached hydrogens (tertiary/aromatic N) is 6. The van der Waals surface area contributed by atoms with Crippen LogP contribution in [0.1, 0.15) is 45.9 Å². The Morgan fingerprint density at radius 2 is 1.69 bits per heavy atom. The molecule has 15 heteroatoms. The van der Waals surface area contributed by atoms with Crippen molar-refractivity contribution in [2.24, 2.45) is 7.05 Å². The summed E-state index contributed by atoms with van der Waals surface area (Å²) in [7, 11) is 3.08. The Hall–Kier alpha value is -4.95. The summed E-state index contributed by atoms with van der Waals surface area (Å²) < 4.78 is 39.0. The SMILES string of the molecule is COCCn1ncc(-c2ccc(-c3cnc(C(=O)Nc4ccc(C(=O)N5CCN(C(=O)CCCC=O)CC5)c(Cl)c4)n3C)c(F)c2F)c1C. The number of hydrogen-bond donors (Lipinski definition) is 1. The van der Waals surface area contributed by atoms with Crippen LogP contribution >= 0.6 is 11.6 Å². The molecule has 49 heavy (non-hydrogen) atoms. The van der Waals surface area contributed by atoms with Crippen LogP contribution in [0.15, 0.2) is 42.7 Å². The third-order valence-electron chi connectivity index (χ3n) is 8.54. The van der Waals surface area contributed by atoms with Gasteiger partial charge >= 0.3 is 0 Å². The number of carbonyl (C=O) groups excluding carboxylic acids is 4. The number of hydrogen-bond acceptors (Lipinski definition) is 7. The van der Waals surface area contributed by atoms with Crippen molar-refractivity contribution in [2.45, 2.75) is 32.7 Å². The number of methoxy groups -OCH3 is 1. The number of rotatable bonds is 12. The number of aldehydes is 1. The van der Waals surface area contributed by atoms with E-state index >= 15 is 8.78 Å². The average molecular weight is 696 g/mol. The smallest absolute Gasteiger partial charge is 0.291 e. The van der Waals surface area contributed by atoms with Crippen LogP contribution in [-0.4, -0.2) is 93.0 Å². The van der Waals surface area contributed by atoms with Gasteiger partial charge in [-0.1, -0.05) is 17.7 Å². The van der Waals surface area contributed by atoms with Gasteiger partial charge in [0.05, 0.1) is 41.8 Å². The lowest BCUT2D eigenvalue weighted by Gasteiger charge is -2.35. The van der Waals surface area contributed by atoms with Gasteiger partial charge in [-0.25, -0.2) is 13.8 Å². The molecule has 0 saturated carbocycles. The Bertz CT molecular complexity index is 1880. The number of ether oxygens (including phenoxy) is 1. The molecule has 5 rings (SSSR count). The summed E-state index contributed by atoms with van der Waals surface area (Å²) in [6, 6.07) is 7.37. The zero-order chi connectivity index (χ0) is 35.2. The van der Waals surface area contributed by atoms with E-state index < -0.39 is 17.5 Å². The predicted molar refractivity (Wildman–Crippen MR) is 178 cm³/mol. The van der Waals surface area contributed by atoms with Gasteiger partial charge in [0.2, 0.25) is 5.91 Å². The van der Waals surface area contributed by atoms with Gasteiger partial charge in [-0.05, 0) is 37.6 Å². The molecule has 2 aromatic carbocycles. The average Bonchev–Trinajstić information content (AvgIpc) is 3.66. The molecular weight excluding hydrogens is 660 g/mol. The van der Waals surface area contributed by atoms with E-state index in [-0.39, 0.29) is 51.5 Å². The maximum absolute atomic E-state index is 15.5. The monoisotopic (exact) mass is 695 g/mol. The van der Waals surface area contributed by atoms with Gasteiger partial charge < -0.3 is 29.2 Å². The molecule has 0 bridgehead atoms. The van der Waals surface area contributed by atoms with E-state index in [1.165, 1.54) is 54.3 Å². The first-order chi connectivity index (χ1) is 23.5. The Balaban J connectivity index is 1.25. The molecule has 0 aliphatic carbocycles. The molecule has 0 spiro atoms. The highest BCUT2D eigenvalue weighted by atomic mass is 35.5. The zero-order valence-corrected chi connectivity index (χ0v) is 28.1. The number of aromatic nitrogens is 4. The van der Waals surface area contributed by atoms with E-state index in [4.69, 9.17) is 16.3 Å². The van der Waals surface area contributed by atoms with E-state index in [1.807, 2.05) is 0 Å². The number of halogens is 3. The number of carbonyl (C=O) groups is 4. The maximum Gasteiger partial charge on any atom is 0.291 e. The lowest BCUT2D eigenvalue weighted by Crippen LogP contribution is -2.50. The molecule has 1 N–H and O–H groups in total. The van der Waals surface area contributed by atoms with Crippen molar-refractivity contribution in [1.29, 1.82) is 0 Å². The molecule has 3 amide bonds. The van der Waals surface area contributed by atoms with Crippen LogP contribution in [-0.2, 0) is 27.9 Å². The summed E-state index contributed by atoms with van der Waals surface area (Å²) >= 11 is 6.46. The number of anilines is 1. The fourth-order valence-corrected chi connectivity index (χ4v) is 5.98. The van der Waals surface area contributed by atoms with Gasteiger partial charge in [-0.15, -0.1) is 0 Å². The van der Waals surface area contributed by atoms with Crippen LogP contribution in [0.3, 0.4) is 0 Å². The second kappa shape index (κ2) is 15.5. The first kappa shape index (κ1) is 35.4. The van der Waals surface area contributed by atoms with Crippen LogP contribution in [0, 0.1) is 18.6 Å². The topological polar surface area (TPSA) is 132 Å². The lowest BCUT2D eigenvalue weighted by molar-refractivity contribution is -0.132. The third kappa shape index (κ3) is 7.55. The summed E-state index contributed by atoms with van der Waals surface area (Å²) in [4.78, 5) is 56.6. The number of amides is 3. The minimum absolute atomic E-state index is 0.0457. The van der Waals surface area contributed by atoms with E-state index in [0.717, 1.165) is 6.29 Å². The summed E-state index contributed by atoms with van der Waals surface area (Å²) in [6.07, 6.45) is 4.68. The van der Waals surface area contributed by atoms with Gasteiger partial charge in [0.25, 0.3) is 11.8 Å². The Kier molecular flexibility index (Phi) is 11.2. The summed E-state index contributed by atoms with van der Waals surface area (Å²) in [5, 5.41) is 7.06. The molecule has 258 valence electrons. The van der Waals surface area contributed by atoms with Crippen molar-refractivity contribution in [3.05, 3.63) is 76.5 Å². The normalized spacial score (nSPS) is 13.1. The molecule has 1 saturated heterocycles. The van der Waals surface area contributed by atoms with E-state index in [9.17, 15) is 19.2 Å². The van der Waals surface area contributed by atoms with Crippen LogP contribution < -0.4 is 5.32 Å². The second-order valence-corrected chi connectivity index (χ2v) is 12.0. The van der Waals surface area contributed by atoms with E-state index in [1.54, 1.807) is 28.5 Å². The van der Waals surface area contributed by atoms with Crippen LogP contribution in [0.2, 0.25) is 5.02 Å². The highest BCUT2D eigenvalue weighted by Crippen LogP contribution is 2.33. The molecule has 3 heterocycles. The van der Waals surface area contributed by atoms with Crippen molar-refractivity contribution in [2.75, 3.05) is 45.2 Å². The number of imidazole rings is 1. The summed E-state index contributed by atoms with van der Waals surface area (Å²) in [5.74, 6) is -3.19. The highest BCUT2D eigenvalue weighted by Gasteiger charge is 2.27. The molecule has 2 aromatic heterocycles. The molecule has 1 aliphatic heterocycles. The quantitative estimate of drug-likeness (QED) is 0.167. The first-order valence-corrected chi connectivity index (χ1v) is 16.1. The second-order valence-electron chi connectivity index (χ2n) is 11.6. The molecule has 0 unspecified atom stereocenters. The summed E-state index contributed by atoms with van der Waals surface area (Å²) in [5.41, 5.74) is 1.81. The van der Waals surface area contributed by atoms with Gasteiger partial charge in [0.15, 0.2) is 17.5 Å². The highest BCUT2D eigenvalue weighted by molar-refractivity contribution is 6.34. The predicted octanol–water partition coefficient (Wildman–Crippen LogP) is 4.74. The zero-order valence-electron chi connectivity index (χ0n) is 27.3. The molecule has 0 radical (unpaired) electrons. The standard InChI is InChI=1S/C34H36ClF2N7O5/c1-21-26(19-39-44(21)15-17-49-3)23-9-10-25(31(37)30(23)36)28-20-38-32(41(28)2)33(47)40-22-7-8-24(27(35)18-22)34(48)43-13-11-42(12-14-43)29(46)6-4-5-16-45/h7-10,16,18-20H,4-6,11-15,17H2,1-3H3,(H,40,47). The van der Waals surface area contributed by atoms with Crippen LogP contribution in [0.25, 0.3) is 22.4 Å². The number of nitrogens with one attached hydrogen (secondary N) is 1. The van der Waals surface area contributed by atoms with Crippen LogP contribution in [0.4, 0.5) is 14.5 Å².